The van der Waals surface area contributed by atoms with Crippen LogP contribution in [0.1, 0.15) is 25.7 Å². The van der Waals surface area contributed by atoms with Crippen molar-refractivity contribution in [1.82, 2.24) is 15.5 Å². The van der Waals surface area contributed by atoms with Gasteiger partial charge in [-0.2, -0.15) is 0 Å². The predicted molar refractivity (Wildman–Crippen MR) is 89.2 cm³/mol. The molecule has 3 rings (SSSR count). The molecule has 3 amide bonds. The third kappa shape index (κ3) is 4.22. The molecule has 1 unspecified atom stereocenters. The fourth-order valence-corrected chi connectivity index (χ4v) is 3.16. The molecule has 124 valence electrons. The van der Waals surface area contributed by atoms with Gasteiger partial charge >= 0.3 is 6.03 Å². The van der Waals surface area contributed by atoms with Gasteiger partial charge in [-0.15, -0.1) is 0 Å². The van der Waals surface area contributed by atoms with Gasteiger partial charge in [0.15, 0.2) is 0 Å². The smallest absolute Gasteiger partial charge is 0.321 e. The number of amides is 3. The van der Waals surface area contributed by atoms with Crippen LogP contribution in [-0.4, -0.2) is 48.6 Å². The van der Waals surface area contributed by atoms with Crippen molar-refractivity contribution in [3.05, 3.63) is 30.3 Å². The molecule has 0 aliphatic carbocycles. The first kappa shape index (κ1) is 15.8. The summed E-state index contributed by atoms with van der Waals surface area (Å²) in [5.41, 5.74) is 0.806. The van der Waals surface area contributed by atoms with Gasteiger partial charge in [-0.05, 0) is 44.4 Å². The first-order valence-electron chi connectivity index (χ1n) is 8.37. The van der Waals surface area contributed by atoms with Crippen molar-refractivity contribution in [3.8, 4) is 0 Å². The second-order valence-electron chi connectivity index (χ2n) is 6.22. The molecule has 0 aromatic heterocycles. The molecule has 2 heterocycles. The Kier molecular flexibility index (Phi) is 5.12. The van der Waals surface area contributed by atoms with Gasteiger partial charge in [0.05, 0.1) is 6.04 Å². The zero-order valence-corrected chi connectivity index (χ0v) is 13.3. The van der Waals surface area contributed by atoms with E-state index in [-0.39, 0.29) is 24.0 Å². The van der Waals surface area contributed by atoms with Crippen LogP contribution >= 0.6 is 0 Å². The SMILES string of the molecule is O=C(NC1CCN(C(=O)Nc2ccccc2)CC1)C1CCCN1. The Labute approximate surface area is 136 Å². The summed E-state index contributed by atoms with van der Waals surface area (Å²) in [7, 11) is 0. The standard InChI is InChI=1S/C17H24N4O2/c22-16(15-7-4-10-18-15)19-14-8-11-21(12-9-14)17(23)20-13-5-2-1-3-6-13/h1-3,5-6,14-15,18H,4,7-12H2,(H,19,22)(H,20,23). The van der Waals surface area contributed by atoms with Crippen LogP contribution in [0.15, 0.2) is 30.3 Å². The molecule has 0 saturated carbocycles. The molecule has 2 aliphatic heterocycles. The maximum absolute atomic E-state index is 12.2. The number of para-hydroxylation sites is 1. The van der Waals surface area contributed by atoms with Gasteiger partial charge in [0.2, 0.25) is 5.91 Å². The summed E-state index contributed by atoms with van der Waals surface area (Å²) in [5.74, 6) is 0.106. The van der Waals surface area contributed by atoms with Crippen molar-refractivity contribution in [3.63, 3.8) is 0 Å². The Hall–Kier alpha value is -2.08. The second-order valence-corrected chi connectivity index (χ2v) is 6.22. The first-order chi connectivity index (χ1) is 11.2. The van der Waals surface area contributed by atoms with E-state index in [9.17, 15) is 9.59 Å². The van der Waals surface area contributed by atoms with Gasteiger partial charge in [0.1, 0.15) is 0 Å². The first-order valence-corrected chi connectivity index (χ1v) is 8.37. The topological polar surface area (TPSA) is 73.5 Å². The van der Waals surface area contributed by atoms with Crippen LogP contribution in [-0.2, 0) is 4.79 Å². The molecule has 6 nitrogen and oxygen atoms in total. The Balaban J connectivity index is 1.42. The number of hydrogen-bond donors (Lipinski definition) is 3. The summed E-state index contributed by atoms with van der Waals surface area (Å²) in [6.45, 7) is 2.26. The summed E-state index contributed by atoms with van der Waals surface area (Å²) in [6.07, 6.45) is 3.60. The molecule has 0 bridgehead atoms. The molecule has 2 fully saturated rings. The number of carbonyl (C=O) groups is 2. The van der Waals surface area contributed by atoms with Crippen LogP contribution in [0.4, 0.5) is 10.5 Å². The quantitative estimate of drug-likeness (QED) is 0.792. The highest BCUT2D eigenvalue weighted by molar-refractivity contribution is 5.89. The van der Waals surface area contributed by atoms with Crippen LogP contribution in [0.25, 0.3) is 0 Å². The summed E-state index contributed by atoms with van der Waals surface area (Å²) in [6, 6.07) is 9.53. The Morgan fingerprint density at radius 3 is 2.48 bits per heavy atom. The Bertz CT molecular complexity index is 535. The lowest BCUT2D eigenvalue weighted by Crippen LogP contribution is -2.51. The molecule has 1 atom stereocenters. The number of benzene rings is 1. The van der Waals surface area contributed by atoms with Gasteiger partial charge in [0.25, 0.3) is 0 Å². The minimum absolute atomic E-state index is 0.0330. The summed E-state index contributed by atoms with van der Waals surface area (Å²) in [5, 5.41) is 9.23. The lowest BCUT2D eigenvalue weighted by molar-refractivity contribution is -0.123. The number of rotatable bonds is 3. The number of anilines is 1. The molecule has 0 spiro atoms. The molecule has 6 heteroatoms. The van der Waals surface area contributed by atoms with Crippen molar-refractivity contribution in [1.29, 1.82) is 0 Å². The van der Waals surface area contributed by atoms with Gasteiger partial charge in [-0.3, -0.25) is 4.79 Å². The van der Waals surface area contributed by atoms with E-state index in [0.29, 0.717) is 13.1 Å². The fraction of sp³-hybridized carbons (Fsp3) is 0.529. The van der Waals surface area contributed by atoms with Crippen molar-refractivity contribution in [2.45, 2.75) is 37.8 Å². The van der Waals surface area contributed by atoms with Crippen molar-refractivity contribution < 1.29 is 9.59 Å². The molecule has 3 N–H and O–H groups in total. The largest absolute Gasteiger partial charge is 0.352 e. The predicted octanol–water partition coefficient (Wildman–Crippen LogP) is 1.55. The third-order valence-electron chi connectivity index (χ3n) is 4.53. The summed E-state index contributed by atoms with van der Waals surface area (Å²) < 4.78 is 0. The normalized spacial score (nSPS) is 21.9. The Morgan fingerprint density at radius 2 is 1.83 bits per heavy atom. The number of hydrogen-bond acceptors (Lipinski definition) is 3. The van der Waals surface area contributed by atoms with Gasteiger partial charge < -0.3 is 20.9 Å². The van der Waals surface area contributed by atoms with Crippen molar-refractivity contribution in [2.24, 2.45) is 0 Å². The van der Waals surface area contributed by atoms with E-state index >= 15 is 0 Å². The minimum Gasteiger partial charge on any atom is -0.352 e. The van der Waals surface area contributed by atoms with Gasteiger partial charge in [0, 0.05) is 24.8 Å². The molecular weight excluding hydrogens is 292 g/mol. The maximum Gasteiger partial charge on any atom is 0.321 e. The molecule has 23 heavy (non-hydrogen) atoms. The molecule has 2 aliphatic rings. The van der Waals surface area contributed by atoms with E-state index in [0.717, 1.165) is 37.9 Å². The number of piperidine rings is 1. The lowest BCUT2D eigenvalue weighted by Gasteiger charge is -2.32. The molecular formula is C17H24N4O2. The summed E-state index contributed by atoms with van der Waals surface area (Å²) in [4.78, 5) is 26.1. The summed E-state index contributed by atoms with van der Waals surface area (Å²) >= 11 is 0. The highest BCUT2D eigenvalue weighted by Crippen LogP contribution is 2.14. The average molecular weight is 316 g/mol. The highest BCUT2D eigenvalue weighted by atomic mass is 16.2. The number of nitrogens with one attached hydrogen (secondary N) is 3. The third-order valence-corrected chi connectivity index (χ3v) is 4.53. The average Bonchev–Trinajstić information content (AvgIpc) is 3.11. The van der Waals surface area contributed by atoms with E-state index < -0.39 is 0 Å². The zero-order chi connectivity index (χ0) is 16.1. The number of nitrogens with zero attached hydrogens (tertiary/aromatic N) is 1. The van der Waals surface area contributed by atoms with E-state index in [1.807, 2.05) is 35.2 Å². The monoisotopic (exact) mass is 316 g/mol. The fourth-order valence-electron chi connectivity index (χ4n) is 3.16. The highest BCUT2D eigenvalue weighted by Gasteiger charge is 2.27. The van der Waals surface area contributed by atoms with Crippen LogP contribution in [0, 0.1) is 0 Å². The van der Waals surface area contributed by atoms with Crippen LogP contribution in [0.3, 0.4) is 0 Å². The molecule has 0 radical (unpaired) electrons. The Morgan fingerprint density at radius 1 is 1.09 bits per heavy atom. The van der Waals surface area contributed by atoms with E-state index in [2.05, 4.69) is 16.0 Å². The van der Waals surface area contributed by atoms with Crippen molar-refractivity contribution >= 4 is 17.6 Å². The number of carbonyl (C=O) groups excluding carboxylic acids is 2. The van der Waals surface area contributed by atoms with Crippen LogP contribution < -0.4 is 16.0 Å². The number of likely N-dealkylation sites (tertiary alicyclic amines) is 1. The van der Waals surface area contributed by atoms with Crippen LogP contribution in [0.5, 0.6) is 0 Å². The van der Waals surface area contributed by atoms with Crippen molar-refractivity contribution in [2.75, 3.05) is 25.0 Å². The lowest BCUT2D eigenvalue weighted by atomic mass is 10.0. The van der Waals surface area contributed by atoms with Gasteiger partial charge in [-0.1, -0.05) is 18.2 Å². The maximum atomic E-state index is 12.2. The molecule has 2 saturated heterocycles. The van der Waals surface area contributed by atoms with E-state index in [1.54, 1.807) is 0 Å². The number of urea groups is 1. The molecule has 1 aromatic rings. The minimum atomic E-state index is -0.0709. The van der Waals surface area contributed by atoms with Gasteiger partial charge in [-0.25, -0.2) is 4.79 Å². The zero-order valence-electron chi connectivity index (χ0n) is 13.3. The second kappa shape index (κ2) is 7.46. The van der Waals surface area contributed by atoms with E-state index in [4.69, 9.17) is 0 Å². The molecule has 1 aromatic carbocycles. The van der Waals surface area contributed by atoms with E-state index in [1.165, 1.54) is 0 Å². The van der Waals surface area contributed by atoms with Crippen LogP contribution in [0.2, 0.25) is 0 Å².